The van der Waals surface area contributed by atoms with E-state index in [-0.39, 0.29) is 18.4 Å². The largest absolute Gasteiger partial charge is 0.454 e. The molecule has 4 rings (SSSR count). The lowest BCUT2D eigenvalue weighted by atomic mass is 10.3. The minimum Gasteiger partial charge on any atom is -0.454 e. The number of ether oxygens (including phenoxy) is 3. The zero-order chi connectivity index (χ0) is 18.1. The Balaban J connectivity index is 1.37. The highest BCUT2D eigenvalue weighted by Crippen LogP contribution is 2.34. The number of anilines is 1. The summed E-state index contributed by atoms with van der Waals surface area (Å²) in [4.78, 5) is 32.0. The Hall–Kier alpha value is -3.69. The standard InChI is InChI=1S/C16H13N5O5/c1-9-4-5-17-16-19-14(20-21(9)16)15(23)24-7-13(22)18-10-2-3-11-12(6-10)26-8-25-11/h2-6H,7-8H2,1H3,(H,18,22). The molecule has 1 N–H and O–H groups in total. The number of benzene rings is 1. The van der Waals surface area contributed by atoms with Crippen LogP contribution in [0.1, 0.15) is 16.3 Å². The van der Waals surface area contributed by atoms with Gasteiger partial charge in [-0.25, -0.2) is 14.3 Å². The van der Waals surface area contributed by atoms with Gasteiger partial charge in [0.1, 0.15) is 0 Å². The topological polar surface area (TPSA) is 117 Å². The van der Waals surface area contributed by atoms with Crippen molar-refractivity contribution in [1.29, 1.82) is 0 Å². The van der Waals surface area contributed by atoms with Gasteiger partial charge < -0.3 is 19.5 Å². The smallest absolute Gasteiger partial charge is 0.378 e. The molecule has 0 spiro atoms. The average Bonchev–Trinajstić information content (AvgIpc) is 3.26. The Morgan fingerprint density at radius 1 is 1.27 bits per heavy atom. The first kappa shape index (κ1) is 15.8. The Bertz CT molecular complexity index is 1020. The molecule has 0 unspecified atom stereocenters. The predicted molar refractivity (Wildman–Crippen MR) is 87.0 cm³/mol. The lowest BCUT2D eigenvalue weighted by molar-refractivity contribution is -0.119. The van der Waals surface area contributed by atoms with Crippen LogP contribution in [-0.4, -0.2) is 44.9 Å². The van der Waals surface area contributed by atoms with Crippen LogP contribution in [-0.2, 0) is 9.53 Å². The van der Waals surface area contributed by atoms with Gasteiger partial charge in [0.25, 0.3) is 17.5 Å². The van der Waals surface area contributed by atoms with Crippen molar-refractivity contribution >= 4 is 23.3 Å². The molecule has 26 heavy (non-hydrogen) atoms. The number of nitrogens with one attached hydrogen (secondary N) is 1. The van der Waals surface area contributed by atoms with E-state index in [1.165, 1.54) is 4.52 Å². The highest BCUT2D eigenvalue weighted by atomic mass is 16.7. The zero-order valence-electron chi connectivity index (χ0n) is 13.6. The SMILES string of the molecule is Cc1ccnc2nc(C(=O)OCC(=O)Nc3ccc4c(c3)OCO4)nn12. The lowest BCUT2D eigenvalue weighted by Gasteiger charge is -2.06. The van der Waals surface area contributed by atoms with Crippen LogP contribution in [0.25, 0.3) is 5.78 Å². The second-order valence-corrected chi connectivity index (χ2v) is 5.43. The number of nitrogens with zero attached hydrogens (tertiary/aromatic N) is 4. The third-order valence-corrected chi connectivity index (χ3v) is 3.60. The fourth-order valence-corrected chi connectivity index (χ4v) is 2.36. The number of aryl methyl sites for hydroxylation is 1. The van der Waals surface area contributed by atoms with Crippen molar-refractivity contribution in [3.8, 4) is 11.5 Å². The van der Waals surface area contributed by atoms with E-state index in [0.717, 1.165) is 5.69 Å². The highest BCUT2D eigenvalue weighted by molar-refractivity contribution is 5.94. The maximum Gasteiger partial charge on any atom is 0.378 e. The van der Waals surface area contributed by atoms with Gasteiger partial charge in [0, 0.05) is 23.6 Å². The van der Waals surface area contributed by atoms with Gasteiger partial charge in [-0.05, 0) is 25.1 Å². The van der Waals surface area contributed by atoms with Gasteiger partial charge in [0.15, 0.2) is 18.1 Å². The molecule has 10 heteroatoms. The quantitative estimate of drug-likeness (QED) is 0.688. The van der Waals surface area contributed by atoms with E-state index in [4.69, 9.17) is 14.2 Å². The van der Waals surface area contributed by atoms with Crippen molar-refractivity contribution < 1.29 is 23.8 Å². The van der Waals surface area contributed by atoms with Crippen molar-refractivity contribution in [2.75, 3.05) is 18.7 Å². The van der Waals surface area contributed by atoms with E-state index in [2.05, 4.69) is 20.4 Å². The number of aromatic nitrogens is 4. The molecule has 3 heterocycles. The average molecular weight is 355 g/mol. The van der Waals surface area contributed by atoms with Crippen LogP contribution in [0.4, 0.5) is 5.69 Å². The molecule has 1 amide bonds. The van der Waals surface area contributed by atoms with E-state index in [0.29, 0.717) is 17.2 Å². The number of hydrogen-bond acceptors (Lipinski definition) is 8. The summed E-state index contributed by atoms with van der Waals surface area (Å²) >= 11 is 0. The molecule has 3 aromatic rings. The fourth-order valence-electron chi connectivity index (χ4n) is 2.36. The molecule has 0 fully saturated rings. The van der Waals surface area contributed by atoms with Crippen LogP contribution < -0.4 is 14.8 Å². The van der Waals surface area contributed by atoms with Gasteiger partial charge >= 0.3 is 5.97 Å². The number of hydrogen-bond donors (Lipinski definition) is 1. The number of esters is 1. The number of carbonyl (C=O) groups is 2. The summed E-state index contributed by atoms with van der Waals surface area (Å²) in [7, 11) is 0. The minimum atomic E-state index is -0.810. The van der Waals surface area contributed by atoms with Crippen LogP contribution in [0.5, 0.6) is 11.5 Å². The normalized spacial score (nSPS) is 12.2. The molecule has 1 aromatic carbocycles. The molecule has 0 bridgehead atoms. The predicted octanol–water partition coefficient (Wildman–Crippen LogP) is 0.957. The first-order valence-electron chi connectivity index (χ1n) is 7.65. The van der Waals surface area contributed by atoms with E-state index in [9.17, 15) is 9.59 Å². The third kappa shape index (κ3) is 2.99. The summed E-state index contributed by atoms with van der Waals surface area (Å²) in [6.45, 7) is 1.47. The van der Waals surface area contributed by atoms with E-state index < -0.39 is 18.5 Å². The molecule has 0 atom stereocenters. The Kier molecular flexibility index (Phi) is 3.84. The molecule has 132 valence electrons. The minimum absolute atomic E-state index is 0.144. The van der Waals surface area contributed by atoms with Gasteiger partial charge in [-0.3, -0.25) is 4.79 Å². The number of carbonyl (C=O) groups excluding carboxylic acids is 2. The number of amides is 1. The summed E-state index contributed by atoms with van der Waals surface area (Å²) in [5.41, 5.74) is 1.27. The van der Waals surface area contributed by atoms with E-state index in [1.54, 1.807) is 37.4 Å². The monoisotopic (exact) mass is 355 g/mol. The molecule has 0 saturated carbocycles. The molecule has 1 aliphatic heterocycles. The van der Waals surface area contributed by atoms with Gasteiger partial charge in [0.05, 0.1) is 0 Å². The summed E-state index contributed by atoms with van der Waals surface area (Å²) < 4.78 is 16.8. The molecule has 0 aliphatic carbocycles. The van der Waals surface area contributed by atoms with Crippen molar-refractivity contribution in [1.82, 2.24) is 19.6 Å². The second-order valence-electron chi connectivity index (χ2n) is 5.43. The molecule has 1 aliphatic rings. The van der Waals surface area contributed by atoms with Crippen LogP contribution in [0.15, 0.2) is 30.5 Å². The van der Waals surface area contributed by atoms with Crippen molar-refractivity contribution in [2.45, 2.75) is 6.92 Å². The van der Waals surface area contributed by atoms with Crippen LogP contribution in [0.3, 0.4) is 0 Å². The Morgan fingerprint density at radius 2 is 2.12 bits per heavy atom. The van der Waals surface area contributed by atoms with Crippen LogP contribution in [0, 0.1) is 6.92 Å². The van der Waals surface area contributed by atoms with Crippen LogP contribution in [0.2, 0.25) is 0 Å². The van der Waals surface area contributed by atoms with E-state index >= 15 is 0 Å². The van der Waals surface area contributed by atoms with Gasteiger partial charge in [0.2, 0.25) is 6.79 Å². The number of fused-ring (bicyclic) bond motifs is 2. The van der Waals surface area contributed by atoms with Crippen molar-refractivity contribution in [2.24, 2.45) is 0 Å². The van der Waals surface area contributed by atoms with Crippen LogP contribution >= 0.6 is 0 Å². The van der Waals surface area contributed by atoms with Crippen molar-refractivity contribution in [3.05, 3.63) is 42.0 Å². The third-order valence-electron chi connectivity index (χ3n) is 3.60. The molecule has 2 aromatic heterocycles. The molecular weight excluding hydrogens is 342 g/mol. The number of rotatable bonds is 4. The summed E-state index contributed by atoms with van der Waals surface area (Å²) in [5, 5.41) is 6.62. The fraction of sp³-hybridized carbons (Fsp3) is 0.188. The second kappa shape index (κ2) is 6.31. The first-order valence-corrected chi connectivity index (χ1v) is 7.65. The summed E-state index contributed by atoms with van der Waals surface area (Å²) in [6, 6.07) is 6.70. The molecule has 0 radical (unpaired) electrons. The zero-order valence-corrected chi connectivity index (χ0v) is 13.6. The van der Waals surface area contributed by atoms with Gasteiger partial charge in [-0.15, -0.1) is 5.10 Å². The lowest BCUT2D eigenvalue weighted by Crippen LogP contribution is -2.21. The maximum absolute atomic E-state index is 12.0. The molecule has 0 saturated heterocycles. The first-order chi connectivity index (χ1) is 12.6. The van der Waals surface area contributed by atoms with Crippen molar-refractivity contribution in [3.63, 3.8) is 0 Å². The Labute approximate surface area is 146 Å². The highest BCUT2D eigenvalue weighted by Gasteiger charge is 2.18. The molecular formula is C16H13N5O5. The van der Waals surface area contributed by atoms with Gasteiger partial charge in [-0.2, -0.15) is 4.98 Å². The summed E-state index contributed by atoms with van der Waals surface area (Å²) in [5.74, 6) is -0.0525. The maximum atomic E-state index is 12.0. The Morgan fingerprint density at radius 3 is 2.96 bits per heavy atom. The molecule has 10 nitrogen and oxygen atoms in total. The van der Waals surface area contributed by atoms with Gasteiger partial charge in [-0.1, -0.05) is 0 Å². The summed E-state index contributed by atoms with van der Waals surface area (Å²) in [6.07, 6.45) is 1.56. The van der Waals surface area contributed by atoms with E-state index in [1.807, 2.05) is 0 Å².